The van der Waals surface area contributed by atoms with Crippen LogP contribution in [-0.4, -0.2) is 8.54 Å². The molecule has 0 aliphatic heterocycles. The summed E-state index contributed by atoms with van der Waals surface area (Å²) in [5, 5.41) is 0. The van der Waals surface area contributed by atoms with Gasteiger partial charge in [-0.3, -0.25) is 0 Å². The Morgan fingerprint density at radius 1 is 1.67 bits per heavy atom. The van der Waals surface area contributed by atoms with Crippen LogP contribution in [0.1, 0.15) is 0 Å². The highest BCUT2D eigenvalue weighted by molar-refractivity contribution is 6.23. The van der Waals surface area contributed by atoms with Crippen LogP contribution in [-0.2, 0) is 4.46 Å². The lowest BCUT2D eigenvalue weighted by Crippen LogP contribution is -1.60. The van der Waals surface area contributed by atoms with Crippen molar-refractivity contribution in [2.24, 2.45) is 0 Å². The van der Waals surface area contributed by atoms with Crippen molar-refractivity contribution in [1.29, 1.82) is 0 Å². The first-order chi connectivity index (χ1) is 2.89. The SMILES string of the molecule is O=[si]1ccoo1. The summed E-state index contributed by atoms with van der Waals surface area (Å²) in [5.41, 5.74) is 1.38. The summed E-state index contributed by atoms with van der Waals surface area (Å²) in [4.78, 5) is 0. The van der Waals surface area contributed by atoms with E-state index in [1.807, 2.05) is 0 Å². The first-order valence-corrected chi connectivity index (χ1v) is 2.83. The van der Waals surface area contributed by atoms with Gasteiger partial charge in [0.15, 0.2) is 0 Å². The molecule has 0 atom stereocenters. The lowest BCUT2D eigenvalue weighted by atomic mass is 11.1. The standard InChI is InChI=1S/C2H2O3Si/c3-6-2-1-4-5-6/h1-2H. The van der Waals surface area contributed by atoms with Crippen LogP contribution in [0.4, 0.5) is 0 Å². The van der Waals surface area contributed by atoms with E-state index >= 15 is 0 Å². The van der Waals surface area contributed by atoms with E-state index in [2.05, 4.69) is 8.83 Å². The number of hydrogen-bond acceptors (Lipinski definition) is 3. The zero-order valence-corrected chi connectivity index (χ0v) is 3.88. The van der Waals surface area contributed by atoms with Gasteiger partial charge in [-0.1, -0.05) is 0 Å². The summed E-state index contributed by atoms with van der Waals surface area (Å²) in [6.45, 7) is 0. The maximum Gasteiger partial charge on any atom is 0.586 e. The van der Waals surface area contributed by atoms with Crippen LogP contribution in [0.15, 0.2) is 20.8 Å². The largest absolute Gasteiger partial charge is 0.586 e. The highest BCUT2D eigenvalue weighted by atomic mass is 28.2. The Balaban J connectivity index is 3.41. The Labute approximate surface area is 34.9 Å². The fraction of sp³-hybridized carbons (Fsp3) is 0. The van der Waals surface area contributed by atoms with Crippen molar-refractivity contribution in [1.82, 2.24) is 0 Å². The average molecular weight is 102 g/mol. The summed E-state index contributed by atoms with van der Waals surface area (Å²) in [7, 11) is -1.91. The Morgan fingerprint density at radius 3 is 2.67 bits per heavy atom. The second-order valence-corrected chi connectivity index (χ2v) is 1.94. The quantitative estimate of drug-likeness (QED) is 0.351. The molecule has 0 amide bonds. The van der Waals surface area contributed by atoms with Crippen molar-refractivity contribution in [2.75, 3.05) is 0 Å². The fourth-order valence-corrected chi connectivity index (χ4v) is 0.559. The molecule has 6 heavy (non-hydrogen) atoms. The molecule has 0 aliphatic carbocycles. The van der Waals surface area contributed by atoms with Gasteiger partial charge >= 0.3 is 8.54 Å². The van der Waals surface area contributed by atoms with Crippen molar-refractivity contribution in [2.45, 2.75) is 0 Å². The maximum absolute atomic E-state index is 9.99. The molecule has 0 saturated heterocycles. The van der Waals surface area contributed by atoms with Crippen LogP contribution >= 0.6 is 0 Å². The van der Waals surface area contributed by atoms with E-state index in [-0.39, 0.29) is 0 Å². The minimum absolute atomic E-state index is 1.27. The van der Waals surface area contributed by atoms with E-state index < -0.39 is 8.54 Å². The number of rotatable bonds is 0. The van der Waals surface area contributed by atoms with E-state index in [1.165, 1.54) is 11.9 Å². The van der Waals surface area contributed by atoms with Gasteiger partial charge in [-0.15, -0.1) is 0 Å². The molecule has 0 unspecified atom stereocenters. The van der Waals surface area contributed by atoms with E-state index in [0.29, 0.717) is 0 Å². The van der Waals surface area contributed by atoms with Gasteiger partial charge in [0.2, 0.25) is 0 Å². The summed E-state index contributed by atoms with van der Waals surface area (Å²) in [6, 6.07) is 0. The van der Waals surface area contributed by atoms with Gasteiger partial charge in [-0.25, -0.2) is 0 Å². The molecule has 0 spiro atoms. The van der Waals surface area contributed by atoms with Crippen LogP contribution in [0.3, 0.4) is 0 Å². The Kier molecular flexibility index (Phi) is 0.718. The first-order valence-electron chi connectivity index (χ1n) is 1.43. The van der Waals surface area contributed by atoms with Gasteiger partial charge in [0.1, 0.15) is 6.26 Å². The predicted molar refractivity (Wildman–Crippen MR) is 17.4 cm³/mol. The molecule has 1 rings (SSSR count). The van der Waals surface area contributed by atoms with E-state index in [0.717, 1.165) is 0 Å². The van der Waals surface area contributed by atoms with Crippen molar-refractivity contribution in [3.05, 3.63) is 11.9 Å². The Morgan fingerprint density at radius 2 is 2.50 bits per heavy atom. The predicted octanol–water partition coefficient (Wildman–Crippen LogP) is 0.373. The molecule has 1 aromatic rings. The number of hydrogen-bond donors (Lipinski definition) is 0. The average Bonchev–Trinajstić information content (AvgIpc) is 1.86. The van der Waals surface area contributed by atoms with Crippen LogP contribution in [0, 0.1) is 0 Å². The van der Waals surface area contributed by atoms with Gasteiger partial charge in [-0.05, 0) is 0 Å². The van der Waals surface area contributed by atoms with Crippen molar-refractivity contribution in [3.63, 3.8) is 0 Å². The third-order valence-electron chi connectivity index (χ3n) is 0.390. The third kappa shape index (κ3) is 0.461. The van der Waals surface area contributed by atoms with Crippen molar-refractivity contribution < 1.29 is 13.3 Å². The third-order valence-corrected chi connectivity index (χ3v) is 1.06. The molecule has 0 aliphatic rings. The summed E-state index contributed by atoms with van der Waals surface area (Å²) < 4.78 is 18.2. The first kappa shape index (κ1) is 3.54. The van der Waals surface area contributed by atoms with Gasteiger partial charge in [-0.2, -0.15) is 0 Å². The van der Waals surface area contributed by atoms with Crippen LogP contribution < -0.4 is 0 Å². The van der Waals surface area contributed by atoms with Crippen LogP contribution in [0.2, 0.25) is 0 Å². The second kappa shape index (κ2) is 1.21. The van der Waals surface area contributed by atoms with Gasteiger partial charge in [0.25, 0.3) is 0 Å². The monoisotopic (exact) mass is 102 g/mol. The molecule has 32 valence electrons. The summed E-state index contributed by atoms with van der Waals surface area (Å²) >= 11 is 0. The molecule has 0 radical (unpaired) electrons. The zero-order chi connectivity index (χ0) is 4.41. The second-order valence-electron chi connectivity index (χ2n) is 0.801. The molecule has 1 aromatic heterocycles. The van der Waals surface area contributed by atoms with Gasteiger partial charge in [0.05, 0.1) is 0 Å². The topological polar surface area (TPSA) is 43.4 Å². The van der Waals surface area contributed by atoms with Crippen LogP contribution in [0.25, 0.3) is 0 Å². The van der Waals surface area contributed by atoms with Gasteiger partial charge in [0, 0.05) is 5.68 Å². The van der Waals surface area contributed by atoms with Crippen molar-refractivity contribution >= 4 is 8.54 Å². The minimum Gasteiger partial charge on any atom is -0.324 e. The smallest absolute Gasteiger partial charge is 0.324 e. The minimum atomic E-state index is -1.91. The van der Waals surface area contributed by atoms with Crippen molar-refractivity contribution in [3.8, 4) is 0 Å². The highest BCUT2D eigenvalue weighted by Crippen LogP contribution is 1.74. The molecule has 0 N–H and O–H groups in total. The lowest BCUT2D eigenvalue weighted by Gasteiger charge is -1.52. The molecule has 4 heteroatoms. The molecule has 3 nitrogen and oxygen atoms in total. The molecular formula is C2H2O3Si. The molecule has 0 fully saturated rings. The Bertz CT molecular complexity index is 147. The zero-order valence-electron chi connectivity index (χ0n) is 2.88. The maximum atomic E-state index is 9.99. The van der Waals surface area contributed by atoms with Gasteiger partial charge < -0.3 is 13.3 Å². The normalized spacial score (nSPS) is 8.67. The van der Waals surface area contributed by atoms with E-state index in [1.54, 1.807) is 0 Å². The van der Waals surface area contributed by atoms with E-state index in [9.17, 15) is 4.46 Å². The van der Waals surface area contributed by atoms with E-state index in [4.69, 9.17) is 0 Å². The highest BCUT2D eigenvalue weighted by Gasteiger charge is 1.83. The molecule has 1 heterocycles. The molecule has 0 aromatic carbocycles. The van der Waals surface area contributed by atoms with Crippen LogP contribution in [0.5, 0.6) is 0 Å². The Hall–Kier alpha value is -0.643. The molecule has 0 saturated carbocycles. The molecular weight excluding hydrogens is 100 g/mol. The lowest BCUT2D eigenvalue weighted by molar-refractivity contribution is 0.0909. The molecule has 0 bridgehead atoms. The summed E-state index contributed by atoms with van der Waals surface area (Å²) in [6.07, 6.45) is 1.27. The fourth-order valence-electron chi connectivity index (χ4n) is 0.186. The summed E-state index contributed by atoms with van der Waals surface area (Å²) in [5.74, 6) is 0.